The Balaban J connectivity index is 1.95. The van der Waals surface area contributed by atoms with Crippen LogP contribution in [0.4, 0.5) is 5.82 Å². The lowest BCUT2D eigenvalue weighted by atomic mass is 10.2. The molecule has 0 aromatic carbocycles. The van der Waals surface area contributed by atoms with Crippen LogP contribution in [0.2, 0.25) is 0 Å². The molecule has 0 saturated carbocycles. The van der Waals surface area contributed by atoms with Gasteiger partial charge in [0.1, 0.15) is 5.82 Å². The lowest BCUT2D eigenvalue weighted by Crippen LogP contribution is -2.36. The number of likely N-dealkylation sites (N-methyl/N-ethyl adjacent to an activating group) is 2. The number of hydrogen-bond acceptors (Lipinski definition) is 3. The van der Waals surface area contributed by atoms with E-state index in [0.29, 0.717) is 6.04 Å². The summed E-state index contributed by atoms with van der Waals surface area (Å²) in [5.74, 6) is 1.07. The number of anilines is 1. The Bertz CT molecular complexity index is 299. The zero-order chi connectivity index (χ0) is 10.7. The fourth-order valence-electron chi connectivity index (χ4n) is 2.20. The molecule has 1 atom stereocenters. The van der Waals surface area contributed by atoms with Crippen LogP contribution in [-0.2, 0) is 0 Å². The average molecular weight is 205 g/mol. The van der Waals surface area contributed by atoms with Crippen LogP contribution in [0.15, 0.2) is 24.4 Å². The number of pyridine rings is 1. The molecule has 1 aromatic heterocycles. The molecule has 3 nitrogen and oxygen atoms in total. The van der Waals surface area contributed by atoms with E-state index in [-0.39, 0.29) is 0 Å². The minimum atomic E-state index is 0.692. The maximum absolute atomic E-state index is 4.35. The van der Waals surface area contributed by atoms with Crippen LogP contribution >= 0.6 is 0 Å². The van der Waals surface area contributed by atoms with Crippen LogP contribution in [0, 0.1) is 0 Å². The Morgan fingerprint density at radius 2 is 2.40 bits per heavy atom. The van der Waals surface area contributed by atoms with Crippen molar-refractivity contribution >= 4 is 5.82 Å². The highest BCUT2D eigenvalue weighted by molar-refractivity contribution is 5.36. The summed E-state index contributed by atoms with van der Waals surface area (Å²) < 4.78 is 0. The van der Waals surface area contributed by atoms with Gasteiger partial charge in [0.05, 0.1) is 0 Å². The maximum Gasteiger partial charge on any atom is 0.128 e. The molecule has 3 heteroatoms. The Kier molecular flexibility index (Phi) is 3.21. The van der Waals surface area contributed by atoms with Gasteiger partial charge in [0.25, 0.3) is 0 Å². The highest BCUT2D eigenvalue weighted by Crippen LogP contribution is 2.17. The third-order valence-corrected chi connectivity index (χ3v) is 3.20. The van der Waals surface area contributed by atoms with Crippen LogP contribution in [0.3, 0.4) is 0 Å². The first-order chi connectivity index (χ1) is 7.27. The fraction of sp³-hybridized carbons (Fsp3) is 0.583. The van der Waals surface area contributed by atoms with E-state index < -0.39 is 0 Å². The van der Waals surface area contributed by atoms with Crippen molar-refractivity contribution in [1.82, 2.24) is 9.88 Å². The number of hydrogen-bond donors (Lipinski definition) is 0. The third-order valence-electron chi connectivity index (χ3n) is 3.20. The van der Waals surface area contributed by atoms with Crippen molar-refractivity contribution in [2.45, 2.75) is 18.9 Å². The van der Waals surface area contributed by atoms with E-state index in [9.17, 15) is 0 Å². The predicted molar refractivity (Wildman–Crippen MR) is 63.2 cm³/mol. The van der Waals surface area contributed by atoms with Crippen molar-refractivity contribution in [2.24, 2.45) is 0 Å². The lowest BCUT2D eigenvalue weighted by Gasteiger charge is -2.26. The van der Waals surface area contributed by atoms with E-state index in [1.165, 1.54) is 19.4 Å². The quantitative estimate of drug-likeness (QED) is 0.747. The van der Waals surface area contributed by atoms with E-state index in [2.05, 4.69) is 34.9 Å². The molecule has 1 saturated heterocycles. The first kappa shape index (κ1) is 10.4. The zero-order valence-corrected chi connectivity index (χ0v) is 9.56. The molecule has 0 radical (unpaired) electrons. The number of aromatic nitrogens is 1. The summed E-state index contributed by atoms with van der Waals surface area (Å²) in [5.41, 5.74) is 0. The van der Waals surface area contributed by atoms with Crippen molar-refractivity contribution < 1.29 is 0 Å². The minimum absolute atomic E-state index is 0.692. The van der Waals surface area contributed by atoms with Crippen LogP contribution in [-0.4, -0.2) is 43.1 Å². The summed E-state index contributed by atoms with van der Waals surface area (Å²) >= 11 is 0. The lowest BCUT2D eigenvalue weighted by molar-refractivity contribution is 0.314. The van der Waals surface area contributed by atoms with Crippen molar-refractivity contribution in [3.8, 4) is 0 Å². The van der Waals surface area contributed by atoms with Crippen LogP contribution < -0.4 is 4.90 Å². The van der Waals surface area contributed by atoms with Crippen molar-refractivity contribution in [2.75, 3.05) is 32.1 Å². The van der Waals surface area contributed by atoms with Gasteiger partial charge in [-0.05, 0) is 38.6 Å². The Morgan fingerprint density at radius 3 is 3.00 bits per heavy atom. The summed E-state index contributed by atoms with van der Waals surface area (Å²) in [6.07, 6.45) is 4.50. The molecular weight excluding hydrogens is 186 g/mol. The standard InChI is InChI=1S/C12H19N3/c1-14-9-5-6-11(14)10-15(2)12-7-3-4-8-13-12/h3-4,7-8,11H,5-6,9-10H2,1-2H3. The molecule has 2 rings (SSSR count). The topological polar surface area (TPSA) is 19.4 Å². The smallest absolute Gasteiger partial charge is 0.128 e. The van der Waals surface area contributed by atoms with E-state index in [0.717, 1.165) is 12.4 Å². The fourth-order valence-corrected chi connectivity index (χ4v) is 2.20. The summed E-state index contributed by atoms with van der Waals surface area (Å²) in [4.78, 5) is 9.04. The van der Waals surface area contributed by atoms with Gasteiger partial charge in [0.15, 0.2) is 0 Å². The second-order valence-corrected chi connectivity index (χ2v) is 4.35. The highest BCUT2D eigenvalue weighted by atomic mass is 15.2. The molecule has 1 aliphatic heterocycles. The molecule has 1 unspecified atom stereocenters. The number of rotatable bonds is 3. The van der Waals surface area contributed by atoms with Gasteiger partial charge < -0.3 is 9.80 Å². The third kappa shape index (κ3) is 2.48. The highest BCUT2D eigenvalue weighted by Gasteiger charge is 2.22. The average Bonchev–Trinajstić information content (AvgIpc) is 2.66. The monoisotopic (exact) mass is 205 g/mol. The summed E-state index contributed by atoms with van der Waals surface area (Å²) in [5, 5.41) is 0. The first-order valence-corrected chi connectivity index (χ1v) is 5.60. The molecule has 2 heterocycles. The minimum Gasteiger partial charge on any atom is -0.358 e. The van der Waals surface area contributed by atoms with Crippen molar-refractivity contribution in [1.29, 1.82) is 0 Å². The van der Waals surface area contributed by atoms with E-state index in [1.54, 1.807) is 0 Å². The molecular formula is C12H19N3. The Morgan fingerprint density at radius 1 is 1.53 bits per heavy atom. The Labute approximate surface area is 91.7 Å². The summed E-state index contributed by atoms with van der Waals surface area (Å²) in [6, 6.07) is 6.75. The van der Waals surface area contributed by atoms with Crippen LogP contribution in [0.25, 0.3) is 0 Å². The normalized spacial score (nSPS) is 21.9. The van der Waals surface area contributed by atoms with Gasteiger partial charge in [0.2, 0.25) is 0 Å². The van der Waals surface area contributed by atoms with Gasteiger partial charge in [-0.15, -0.1) is 0 Å². The van der Waals surface area contributed by atoms with Crippen LogP contribution in [0.1, 0.15) is 12.8 Å². The molecule has 1 fully saturated rings. The molecule has 0 N–H and O–H groups in total. The van der Waals surface area contributed by atoms with E-state index >= 15 is 0 Å². The van der Waals surface area contributed by atoms with Gasteiger partial charge in [0, 0.05) is 25.8 Å². The maximum atomic E-state index is 4.35. The predicted octanol–water partition coefficient (Wildman–Crippen LogP) is 1.61. The van der Waals surface area contributed by atoms with Crippen molar-refractivity contribution in [3.05, 3.63) is 24.4 Å². The zero-order valence-electron chi connectivity index (χ0n) is 9.56. The summed E-state index contributed by atoms with van der Waals surface area (Å²) in [7, 11) is 4.33. The first-order valence-electron chi connectivity index (χ1n) is 5.60. The number of likely N-dealkylation sites (tertiary alicyclic amines) is 1. The summed E-state index contributed by atoms with van der Waals surface area (Å²) in [6.45, 7) is 2.31. The molecule has 82 valence electrons. The molecule has 0 spiro atoms. The second-order valence-electron chi connectivity index (χ2n) is 4.35. The Hall–Kier alpha value is -1.09. The van der Waals surface area contributed by atoms with Crippen molar-refractivity contribution in [3.63, 3.8) is 0 Å². The van der Waals surface area contributed by atoms with E-state index in [4.69, 9.17) is 0 Å². The van der Waals surface area contributed by atoms with E-state index in [1.807, 2.05) is 18.3 Å². The molecule has 0 amide bonds. The van der Waals surface area contributed by atoms with Gasteiger partial charge in [-0.25, -0.2) is 4.98 Å². The van der Waals surface area contributed by atoms with Crippen LogP contribution in [0.5, 0.6) is 0 Å². The molecule has 1 aliphatic rings. The van der Waals surface area contributed by atoms with Gasteiger partial charge in [-0.1, -0.05) is 6.07 Å². The molecule has 15 heavy (non-hydrogen) atoms. The SMILES string of the molecule is CN(CC1CCCN1C)c1ccccn1. The second kappa shape index (κ2) is 4.62. The molecule has 0 aliphatic carbocycles. The number of nitrogens with zero attached hydrogens (tertiary/aromatic N) is 3. The van der Waals surface area contributed by atoms with Gasteiger partial charge in [-0.2, -0.15) is 0 Å². The largest absolute Gasteiger partial charge is 0.358 e. The molecule has 1 aromatic rings. The molecule has 0 bridgehead atoms. The van der Waals surface area contributed by atoms with Gasteiger partial charge in [-0.3, -0.25) is 0 Å². The van der Waals surface area contributed by atoms with Gasteiger partial charge >= 0.3 is 0 Å².